The molecular formula is C11H18N4O4. The van der Waals surface area contributed by atoms with Crippen LogP contribution in [0, 0.1) is 17.2 Å². The number of hydrogen-bond acceptors (Lipinski definition) is 4. The summed E-state index contributed by atoms with van der Waals surface area (Å²) in [6, 6.07) is 1.37. The maximum Gasteiger partial charge on any atom is 0.323 e. The number of carboxylic acids is 1. The van der Waals surface area contributed by atoms with Crippen LogP contribution in [0.2, 0.25) is 0 Å². The van der Waals surface area contributed by atoms with Crippen LogP contribution >= 0.6 is 0 Å². The van der Waals surface area contributed by atoms with Crippen LogP contribution < -0.4 is 5.73 Å². The lowest BCUT2D eigenvalue weighted by molar-refractivity contribution is -0.138. The minimum Gasteiger partial charge on any atom is -0.480 e. The first-order valence-electron chi connectivity index (χ1n) is 5.75. The number of nitriles is 1. The van der Waals surface area contributed by atoms with Gasteiger partial charge in [-0.25, -0.2) is 4.79 Å². The molecule has 0 radical (unpaired) electrons. The number of rotatable bonds is 7. The van der Waals surface area contributed by atoms with Gasteiger partial charge in [0.15, 0.2) is 0 Å². The van der Waals surface area contributed by atoms with E-state index in [0.29, 0.717) is 6.54 Å². The van der Waals surface area contributed by atoms with Crippen molar-refractivity contribution in [1.82, 2.24) is 9.80 Å². The Morgan fingerprint density at radius 3 is 2.26 bits per heavy atom. The largest absolute Gasteiger partial charge is 0.480 e. The Labute approximate surface area is 111 Å². The van der Waals surface area contributed by atoms with Crippen LogP contribution in [0.5, 0.6) is 0 Å². The summed E-state index contributed by atoms with van der Waals surface area (Å²) in [5, 5.41) is 17.4. The molecule has 0 bridgehead atoms. The molecule has 0 aromatic carbocycles. The second kappa shape index (κ2) is 7.92. The summed E-state index contributed by atoms with van der Waals surface area (Å²) in [4.78, 5) is 35.7. The molecule has 0 fully saturated rings. The van der Waals surface area contributed by atoms with E-state index in [1.54, 1.807) is 13.8 Å². The van der Waals surface area contributed by atoms with Gasteiger partial charge in [-0.2, -0.15) is 5.26 Å². The fourth-order valence-corrected chi connectivity index (χ4v) is 1.46. The fraction of sp³-hybridized carbons (Fsp3) is 0.636. The zero-order valence-electron chi connectivity index (χ0n) is 11.0. The highest BCUT2D eigenvalue weighted by Crippen LogP contribution is 2.04. The number of urea groups is 1. The Bertz CT molecular complexity index is 375. The first-order chi connectivity index (χ1) is 8.81. The predicted molar refractivity (Wildman–Crippen MR) is 65.8 cm³/mol. The molecule has 1 unspecified atom stereocenters. The van der Waals surface area contributed by atoms with Crippen molar-refractivity contribution in [2.45, 2.75) is 13.8 Å². The Morgan fingerprint density at radius 1 is 1.32 bits per heavy atom. The molecule has 0 aliphatic carbocycles. The summed E-state index contributed by atoms with van der Waals surface area (Å²) < 4.78 is 0. The van der Waals surface area contributed by atoms with Gasteiger partial charge >= 0.3 is 12.0 Å². The third-order valence-electron chi connectivity index (χ3n) is 2.31. The Morgan fingerprint density at radius 2 is 1.89 bits per heavy atom. The van der Waals surface area contributed by atoms with Crippen molar-refractivity contribution in [1.29, 1.82) is 5.26 Å². The van der Waals surface area contributed by atoms with E-state index >= 15 is 0 Å². The summed E-state index contributed by atoms with van der Waals surface area (Å²) in [6.07, 6.45) is 0. The number of carboxylic acid groups (broad SMARTS) is 1. The lowest BCUT2D eigenvalue weighted by Crippen LogP contribution is -2.49. The van der Waals surface area contributed by atoms with E-state index in [1.165, 1.54) is 4.90 Å². The van der Waals surface area contributed by atoms with Crippen LogP contribution in [0.15, 0.2) is 0 Å². The minimum absolute atomic E-state index is 0.167. The fourth-order valence-electron chi connectivity index (χ4n) is 1.46. The molecule has 0 aromatic heterocycles. The third-order valence-corrected chi connectivity index (χ3v) is 2.31. The summed E-state index contributed by atoms with van der Waals surface area (Å²) >= 11 is 0. The van der Waals surface area contributed by atoms with Gasteiger partial charge in [-0.05, 0) is 13.8 Å². The molecule has 8 heteroatoms. The van der Waals surface area contributed by atoms with Gasteiger partial charge in [0.25, 0.3) is 0 Å². The molecule has 106 valence electrons. The second-order valence-corrected chi connectivity index (χ2v) is 4.07. The van der Waals surface area contributed by atoms with E-state index in [4.69, 9.17) is 16.1 Å². The maximum atomic E-state index is 12.1. The van der Waals surface area contributed by atoms with Gasteiger partial charge in [0.2, 0.25) is 5.91 Å². The van der Waals surface area contributed by atoms with Crippen LogP contribution in [0.4, 0.5) is 4.79 Å². The van der Waals surface area contributed by atoms with Crippen molar-refractivity contribution < 1.29 is 19.5 Å². The van der Waals surface area contributed by atoms with Gasteiger partial charge in [-0.1, -0.05) is 0 Å². The molecule has 0 heterocycles. The number of nitrogens with two attached hydrogens (primary N) is 1. The lowest BCUT2D eigenvalue weighted by atomic mass is 10.2. The molecule has 0 saturated heterocycles. The zero-order valence-corrected chi connectivity index (χ0v) is 11.0. The molecule has 0 aliphatic heterocycles. The van der Waals surface area contributed by atoms with Gasteiger partial charge in [-0.15, -0.1) is 0 Å². The van der Waals surface area contributed by atoms with Gasteiger partial charge in [0.1, 0.15) is 13.1 Å². The van der Waals surface area contributed by atoms with E-state index in [2.05, 4.69) is 0 Å². The van der Waals surface area contributed by atoms with E-state index in [9.17, 15) is 14.4 Å². The van der Waals surface area contributed by atoms with Crippen molar-refractivity contribution in [2.24, 2.45) is 11.7 Å². The smallest absolute Gasteiger partial charge is 0.323 e. The molecule has 3 N–H and O–H groups in total. The predicted octanol–water partition coefficient (Wildman–Crippen LogP) is -0.540. The molecule has 0 aromatic rings. The summed E-state index contributed by atoms with van der Waals surface area (Å²) in [7, 11) is 0. The van der Waals surface area contributed by atoms with Crippen molar-refractivity contribution in [3.05, 3.63) is 0 Å². The number of aliphatic carboxylic acids is 1. The molecule has 0 saturated carbocycles. The highest BCUT2D eigenvalue weighted by Gasteiger charge is 2.24. The molecule has 3 amide bonds. The Hall–Kier alpha value is -2.30. The van der Waals surface area contributed by atoms with Gasteiger partial charge in [-0.3, -0.25) is 9.59 Å². The molecular weight excluding hydrogens is 252 g/mol. The number of hydrogen-bond donors (Lipinski definition) is 2. The molecule has 0 rings (SSSR count). The number of carbonyl (C=O) groups excluding carboxylic acids is 2. The highest BCUT2D eigenvalue weighted by molar-refractivity contribution is 5.86. The molecule has 0 aliphatic rings. The topological polar surface area (TPSA) is 128 Å². The van der Waals surface area contributed by atoms with Gasteiger partial charge < -0.3 is 20.6 Å². The number of amides is 3. The average Bonchev–Trinajstić information content (AvgIpc) is 2.32. The lowest BCUT2D eigenvalue weighted by Gasteiger charge is -2.28. The number of carbonyl (C=O) groups is 3. The van der Waals surface area contributed by atoms with Crippen molar-refractivity contribution in [3.8, 4) is 6.07 Å². The minimum atomic E-state index is -1.24. The summed E-state index contributed by atoms with van der Waals surface area (Å²) in [5.74, 6) is -2.41. The highest BCUT2D eigenvalue weighted by atomic mass is 16.4. The van der Waals surface area contributed by atoms with Crippen molar-refractivity contribution in [2.75, 3.05) is 26.2 Å². The van der Waals surface area contributed by atoms with E-state index < -0.39 is 31.0 Å². The Balaban J connectivity index is 4.87. The summed E-state index contributed by atoms with van der Waals surface area (Å²) in [5.41, 5.74) is 4.98. The first-order valence-corrected chi connectivity index (χ1v) is 5.75. The maximum absolute atomic E-state index is 12.1. The first kappa shape index (κ1) is 16.7. The van der Waals surface area contributed by atoms with Crippen LogP contribution in [-0.2, 0) is 9.59 Å². The zero-order chi connectivity index (χ0) is 15.0. The molecule has 19 heavy (non-hydrogen) atoms. The van der Waals surface area contributed by atoms with Crippen LogP contribution in [-0.4, -0.2) is 59.0 Å². The van der Waals surface area contributed by atoms with Crippen molar-refractivity contribution >= 4 is 17.9 Å². The SMILES string of the molecule is CCN(CC(C)C#N)C(=O)N(CC(N)=O)CC(=O)O. The van der Waals surface area contributed by atoms with E-state index in [-0.39, 0.29) is 12.5 Å². The molecule has 1 atom stereocenters. The van der Waals surface area contributed by atoms with Gasteiger partial charge in [0.05, 0.1) is 12.0 Å². The average molecular weight is 270 g/mol. The third kappa shape index (κ3) is 6.26. The standard InChI is InChI=1S/C11H18N4O4/c1-3-14(5-8(2)4-12)11(19)15(6-9(13)16)7-10(17)18/h8H,3,5-7H2,1-2H3,(H2,13,16)(H,17,18). The summed E-state index contributed by atoms with van der Waals surface area (Å²) in [6.45, 7) is 2.74. The molecule has 0 spiro atoms. The monoisotopic (exact) mass is 270 g/mol. The van der Waals surface area contributed by atoms with Crippen molar-refractivity contribution in [3.63, 3.8) is 0 Å². The number of nitrogens with zero attached hydrogens (tertiary/aromatic N) is 3. The molecule has 8 nitrogen and oxygen atoms in total. The van der Waals surface area contributed by atoms with Gasteiger partial charge in [0, 0.05) is 13.1 Å². The van der Waals surface area contributed by atoms with Crippen LogP contribution in [0.25, 0.3) is 0 Å². The van der Waals surface area contributed by atoms with Crippen LogP contribution in [0.3, 0.4) is 0 Å². The second-order valence-electron chi connectivity index (χ2n) is 4.07. The van der Waals surface area contributed by atoms with E-state index in [0.717, 1.165) is 4.90 Å². The quantitative estimate of drug-likeness (QED) is 0.642. The Kier molecular flexibility index (Phi) is 6.96. The van der Waals surface area contributed by atoms with E-state index in [1.807, 2.05) is 6.07 Å². The van der Waals surface area contributed by atoms with Crippen LogP contribution in [0.1, 0.15) is 13.8 Å². The normalized spacial score (nSPS) is 11.2. The number of primary amides is 1.